The van der Waals surface area contributed by atoms with Gasteiger partial charge in [-0.2, -0.15) is 0 Å². The number of rotatable bonds is 4. The average molecular weight is 331 g/mol. The van der Waals surface area contributed by atoms with Crippen LogP contribution < -0.4 is 0 Å². The Morgan fingerprint density at radius 1 is 1.20 bits per heavy atom. The number of carboxylic acid groups (broad SMARTS) is 1. The Morgan fingerprint density at radius 3 is 2.45 bits per heavy atom. The van der Waals surface area contributed by atoms with Crippen molar-refractivity contribution in [3.05, 3.63) is 63.4 Å². The van der Waals surface area contributed by atoms with Gasteiger partial charge in [0.15, 0.2) is 0 Å². The minimum Gasteiger partial charge on any atom is -0.478 e. The van der Waals surface area contributed by atoms with E-state index in [-0.39, 0.29) is 5.56 Å². The van der Waals surface area contributed by atoms with E-state index < -0.39 is 11.8 Å². The molecule has 6 heteroatoms. The Labute approximate surface area is 129 Å². The molecule has 0 spiro atoms. The Morgan fingerprint density at radius 2 is 1.85 bits per heavy atom. The normalized spacial score (nSPS) is 10.6. The molecule has 20 heavy (non-hydrogen) atoms. The maximum absolute atomic E-state index is 13.3. The Kier molecular flexibility index (Phi) is 4.91. The fourth-order valence-corrected chi connectivity index (χ4v) is 3.26. The van der Waals surface area contributed by atoms with Gasteiger partial charge in [0, 0.05) is 20.7 Å². The van der Waals surface area contributed by atoms with Gasteiger partial charge in [-0.1, -0.05) is 29.3 Å². The van der Waals surface area contributed by atoms with E-state index >= 15 is 0 Å². The third-order valence-electron chi connectivity index (χ3n) is 2.61. The van der Waals surface area contributed by atoms with Crippen molar-refractivity contribution in [1.29, 1.82) is 0 Å². The predicted molar refractivity (Wildman–Crippen MR) is 79.4 cm³/mol. The highest BCUT2D eigenvalue weighted by molar-refractivity contribution is 7.98. The molecule has 0 saturated heterocycles. The summed E-state index contributed by atoms with van der Waals surface area (Å²) in [5, 5.41) is 9.97. The van der Waals surface area contributed by atoms with Gasteiger partial charge < -0.3 is 5.11 Å². The molecule has 0 saturated carbocycles. The van der Waals surface area contributed by atoms with Crippen LogP contribution in [0.25, 0.3) is 0 Å². The Bertz CT molecular complexity index is 641. The van der Waals surface area contributed by atoms with Gasteiger partial charge in [0.25, 0.3) is 0 Å². The first-order chi connectivity index (χ1) is 9.49. The fourth-order valence-electron chi connectivity index (χ4n) is 1.58. The summed E-state index contributed by atoms with van der Waals surface area (Å²) in [5.41, 5.74) is 0.419. The van der Waals surface area contributed by atoms with E-state index in [1.807, 2.05) is 0 Å². The van der Waals surface area contributed by atoms with Crippen molar-refractivity contribution in [2.24, 2.45) is 0 Å². The molecule has 2 aromatic rings. The van der Waals surface area contributed by atoms with Crippen LogP contribution in [0.1, 0.15) is 15.9 Å². The van der Waals surface area contributed by atoms with Crippen LogP contribution in [0.3, 0.4) is 0 Å². The summed E-state index contributed by atoms with van der Waals surface area (Å²) in [6.07, 6.45) is 0. The van der Waals surface area contributed by atoms with Crippen molar-refractivity contribution in [3.8, 4) is 0 Å². The van der Waals surface area contributed by atoms with Gasteiger partial charge in [-0.3, -0.25) is 0 Å². The summed E-state index contributed by atoms with van der Waals surface area (Å²) < 4.78 is 13.3. The standard InChI is InChI=1S/C14H9Cl2FO2S/c15-11-2-1-3-12(16)10(11)7-20-8-4-5-13(17)9(6-8)14(18)19/h1-6H,7H2,(H,18,19). The maximum atomic E-state index is 13.3. The van der Waals surface area contributed by atoms with E-state index in [1.54, 1.807) is 18.2 Å². The number of halogens is 3. The molecule has 0 aliphatic rings. The first-order valence-corrected chi connectivity index (χ1v) is 7.31. The summed E-state index contributed by atoms with van der Waals surface area (Å²) in [7, 11) is 0. The smallest absolute Gasteiger partial charge is 0.338 e. The molecule has 0 unspecified atom stereocenters. The van der Waals surface area contributed by atoms with Crippen molar-refractivity contribution in [1.82, 2.24) is 0 Å². The molecular formula is C14H9Cl2FO2S. The van der Waals surface area contributed by atoms with Crippen LogP contribution in [0.15, 0.2) is 41.3 Å². The van der Waals surface area contributed by atoms with Crippen LogP contribution in [0.5, 0.6) is 0 Å². The molecular weight excluding hydrogens is 322 g/mol. The molecule has 0 amide bonds. The summed E-state index contributed by atoms with van der Waals surface area (Å²) in [5.74, 6) is -1.57. The lowest BCUT2D eigenvalue weighted by Gasteiger charge is -2.07. The number of hydrogen-bond donors (Lipinski definition) is 1. The molecule has 2 rings (SSSR count). The molecule has 0 bridgehead atoms. The van der Waals surface area contributed by atoms with Gasteiger partial charge in [-0.25, -0.2) is 9.18 Å². The molecule has 104 valence electrons. The molecule has 0 aliphatic heterocycles. The second-order valence-electron chi connectivity index (χ2n) is 3.94. The molecule has 0 aromatic heterocycles. The van der Waals surface area contributed by atoms with Gasteiger partial charge in [-0.15, -0.1) is 11.8 Å². The number of thioether (sulfide) groups is 1. The highest BCUT2D eigenvalue weighted by Crippen LogP contribution is 2.32. The average Bonchev–Trinajstić information content (AvgIpc) is 2.39. The number of carbonyl (C=O) groups is 1. The molecule has 2 nitrogen and oxygen atoms in total. The molecule has 0 fully saturated rings. The van der Waals surface area contributed by atoms with Gasteiger partial charge in [0.2, 0.25) is 0 Å². The largest absolute Gasteiger partial charge is 0.478 e. The summed E-state index contributed by atoms with van der Waals surface area (Å²) >= 11 is 13.4. The second-order valence-corrected chi connectivity index (χ2v) is 5.80. The first kappa shape index (κ1) is 15.2. The van der Waals surface area contributed by atoms with E-state index in [0.29, 0.717) is 20.7 Å². The zero-order valence-electron chi connectivity index (χ0n) is 10.1. The number of hydrogen-bond acceptors (Lipinski definition) is 2. The lowest BCUT2D eigenvalue weighted by atomic mass is 10.2. The number of carboxylic acids is 1. The highest BCUT2D eigenvalue weighted by atomic mass is 35.5. The topological polar surface area (TPSA) is 37.3 Å². The fraction of sp³-hybridized carbons (Fsp3) is 0.0714. The molecule has 1 N–H and O–H groups in total. The lowest BCUT2D eigenvalue weighted by molar-refractivity contribution is 0.0691. The lowest BCUT2D eigenvalue weighted by Crippen LogP contribution is -2.00. The van der Waals surface area contributed by atoms with Crippen molar-refractivity contribution in [2.45, 2.75) is 10.6 Å². The summed E-state index contributed by atoms with van der Waals surface area (Å²) in [4.78, 5) is 11.5. The second kappa shape index (κ2) is 6.48. The third-order valence-corrected chi connectivity index (χ3v) is 4.34. The van der Waals surface area contributed by atoms with E-state index in [0.717, 1.165) is 11.6 Å². The van der Waals surface area contributed by atoms with E-state index in [9.17, 15) is 9.18 Å². The molecule has 0 aliphatic carbocycles. The van der Waals surface area contributed by atoms with Crippen LogP contribution in [0, 0.1) is 5.82 Å². The zero-order chi connectivity index (χ0) is 14.7. The third kappa shape index (κ3) is 3.45. The summed E-state index contributed by atoms with van der Waals surface area (Å²) in [6, 6.07) is 9.18. The van der Waals surface area contributed by atoms with E-state index in [4.69, 9.17) is 28.3 Å². The molecule has 2 aromatic carbocycles. The Balaban J connectivity index is 2.19. The molecule has 0 atom stereocenters. The molecule has 0 heterocycles. The minimum atomic E-state index is -1.29. The van der Waals surface area contributed by atoms with Gasteiger partial charge in [0.05, 0.1) is 5.56 Å². The van der Waals surface area contributed by atoms with E-state index in [1.165, 1.54) is 23.9 Å². The Hall–Kier alpha value is -1.23. The van der Waals surface area contributed by atoms with Crippen LogP contribution in [0.2, 0.25) is 10.0 Å². The number of benzene rings is 2. The van der Waals surface area contributed by atoms with Crippen molar-refractivity contribution in [3.63, 3.8) is 0 Å². The monoisotopic (exact) mass is 330 g/mol. The van der Waals surface area contributed by atoms with Gasteiger partial charge in [-0.05, 0) is 35.9 Å². The van der Waals surface area contributed by atoms with Crippen LogP contribution >= 0.6 is 35.0 Å². The van der Waals surface area contributed by atoms with Crippen molar-refractivity contribution >= 4 is 40.9 Å². The van der Waals surface area contributed by atoms with E-state index in [2.05, 4.69) is 0 Å². The zero-order valence-corrected chi connectivity index (χ0v) is 12.4. The SMILES string of the molecule is O=C(O)c1cc(SCc2c(Cl)cccc2Cl)ccc1F. The van der Waals surface area contributed by atoms with Crippen LogP contribution in [-0.2, 0) is 5.75 Å². The van der Waals surface area contributed by atoms with Crippen LogP contribution in [0.4, 0.5) is 4.39 Å². The van der Waals surface area contributed by atoms with Gasteiger partial charge in [0.1, 0.15) is 5.82 Å². The molecule has 0 radical (unpaired) electrons. The van der Waals surface area contributed by atoms with Crippen molar-refractivity contribution in [2.75, 3.05) is 0 Å². The quantitative estimate of drug-likeness (QED) is 0.790. The highest BCUT2D eigenvalue weighted by Gasteiger charge is 2.12. The first-order valence-electron chi connectivity index (χ1n) is 5.57. The van der Waals surface area contributed by atoms with Gasteiger partial charge >= 0.3 is 5.97 Å². The van der Waals surface area contributed by atoms with Crippen molar-refractivity contribution < 1.29 is 14.3 Å². The predicted octanol–water partition coefficient (Wildman–Crippen LogP) is 5.12. The van der Waals surface area contributed by atoms with Crippen LogP contribution in [-0.4, -0.2) is 11.1 Å². The minimum absolute atomic E-state index is 0.347. The number of aromatic carboxylic acids is 1. The summed E-state index contributed by atoms with van der Waals surface area (Å²) in [6.45, 7) is 0. The maximum Gasteiger partial charge on any atom is 0.338 e.